The average Bonchev–Trinajstić information content (AvgIpc) is 2.95. The minimum absolute atomic E-state index is 0.112. The SMILES string of the molecule is CC1(C)Cc2c(c(Br)cc3c2C(CCCCC(N)=O)CC3)O1. The van der Waals surface area contributed by atoms with E-state index >= 15 is 0 Å². The molecule has 1 unspecified atom stereocenters. The van der Waals surface area contributed by atoms with Crippen molar-refractivity contribution < 1.29 is 9.53 Å². The van der Waals surface area contributed by atoms with E-state index in [1.54, 1.807) is 0 Å². The van der Waals surface area contributed by atoms with Crippen molar-refractivity contribution in [2.45, 2.75) is 70.3 Å². The van der Waals surface area contributed by atoms with E-state index < -0.39 is 0 Å². The monoisotopic (exact) mass is 365 g/mol. The number of benzene rings is 1. The highest BCUT2D eigenvalue weighted by atomic mass is 79.9. The van der Waals surface area contributed by atoms with Crippen molar-refractivity contribution in [2.75, 3.05) is 0 Å². The predicted molar refractivity (Wildman–Crippen MR) is 91.3 cm³/mol. The summed E-state index contributed by atoms with van der Waals surface area (Å²) in [5, 5.41) is 0. The Kier molecular flexibility index (Phi) is 4.23. The Morgan fingerprint density at radius 2 is 2.23 bits per heavy atom. The van der Waals surface area contributed by atoms with Crippen LogP contribution in [0.2, 0.25) is 0 Å². The topological polar surface area (TPSA) is 52.3 Å². The summed E-state index contributed by atoms with van der Waals surface area (Å²) < 4.78 is 7.25. The fraction of sp³-hybridized carbons (Fsp3) is 0.611. The van der Waals surface area contributed by atoms with E-state index in [0.717, 1.165) is 42.3 Å². The minimum atomic E-state index is -0.188. The number of hydrogen-bond donors (Lipinski definition) is 1. The second kappa shape index (κ2) is 5.88. The number of amides is 1. The molecule has 120 valence electrons. The number of aryl methyl sites for hydroxylation is 1. The number of unbranched alkanes of at least 4 members (excludes halogenated alkanes) is 1. The molecule has 0 saturated carbocycles. The predicted octanol–water partition coefficient (Wildman–Crippen LogP) is 4.24. The molecule has 1 heterocycles. The lowest BCUT2D eigenvalue weighted by atomic mass is 9.88. The molecular formula is C18H24BrNO2. The molecule has 2 aliphatic rings. The van der Waals surface area contributed by atoms with E-state index in [9.17, 15) is 4.79 Å². The first-order valence-corrected chi connectivity index (χ1v) is 8.98. The molecular weight excluding hydrogens is 342 g/mol. The zero-order chi connectivity index (χ0) is 15.9. The zero-order valence-electron chi connectivity index (χ0n) is 13.4. The molecule has 0 spiro atoms. The molecule has 0 saturated heterocycles. The Morgan fingerprint density at radius 3 is 2.95 bits per heavy atom. The van der Waals surface area contributed by atoms with E-state index in [-0.39, 0.29) is 11.5 Å². The molecule has 1 atom stereocenters. The quantitative estimate of drug-likeness (QED) is 0.793. The molecule has 22 heavy (non-hydrogen) atoms. The lowest BCUT2D eigenvalue weighted by Crippen LogP contribution is -2.24. The van der Waals surface area contributed by atoms with E-state index in [0.29, 0.717) is 12.3 Å². The number of rotatable bonds is 5. The van der Waals surface area contributed by atoms with Gasteiger partial charge in [0.25, 0.3) is 0 Å². The van der Waals surface area contributed by atoms with Crippen LogP contribution < -0.4 is 10.5 Å². The maximum absolute atomic E-state index is 10.9. The van der Waals surface area contributed by atoms with Gasteiger partial charge < -0.3 is 10.5 Å². The second-order valence-electron chi connectivity index (χ2n) is 7.23. The summed E-state index contributed by atoms with van der Waals surface area (Å²) in [6.07, 6.45) is 6.99. The van der Waals surface area contributed by atoms with Crippen LogP contribution in [0.1, 0.15) is 68.6 Å². The van der Waals surface area contributed by atoms with Crippen LogP contribution >= 0.6 is 15.9 Å². The number of nitrogens with two attached hydrogens (primary N) is 1. The van der Waals surface area contributed by atoms with Gasteiger partial charge in [0.1, 0.15) is 11.4 Å². The molecule has 1 aromatic carbocycles. The van der Waals surface area contributed by atoms with Gasteiger partial charge in [-0.1, -0.05) is 6.42 Å². The number of fused-ring (bicyclic) bond motifs is 3. The lowest BCUT2D eigenvalue weighted by Gasteiger charge is -2.17. The Bertz CT molecular complexity index is 610. The van der Waals surface area contributed by atoms with E-state index in [4.69, 9.17) is 10.5 Å². The maximum atomic E-state index is 10.9. The molecule has 0 fully saturated rings. The highest BCUT2D eigenvalue weighted by Crippen LogP contribution is 2.50. The van der Waals surface area contributed by atoms with Crippen LogP contribution in [0.5, 0.6) is 5.75 Å². The number of ether oxygens (including phenoxy) is 1. The fourth-order valence-electron chi connectivity index (χ4n) is 3.95. The van der Waals surface area contributed by atoms with Gasteiger partial charge in [-0.05, 0) is 78.6 Å². The van der Waals surface area contributed by atoms with E-state index in [2.05, 4.69) is 35.8 Å². The number of halogens is 1. The van der Waals surface area contributed by atoms with Gasteiger partial charge in [-0.3, -0.25) is 4.79 Å². The maximum Gasteiger partial charge on any atom is 0.217 e. The van der Waals surface area contributed by atoms with Gasteiger partial charge in [0.2, 0.25) is 5.91 Å². The molecule has 3 nitrogen and oxygen atoms in total. The van der Waals surface area contributed by atoms with Crippen molar-refractivity contribution in [2.24, 2.45) is 5.73 Å². The summed E-state index contributed by atoms with van der Waals surface area (Å²) in [6, 6.07) is 2.25. The first-order valence-electron chi connectivity index (χ1n) is 8.19. The van der Waals surface area contributed by atoms with Gasteiger partial charge in [0, 0.05) is 18.4 Å². The minimum Gasteiger partial charge on any atom is -0.486 e. The van der Waals surface area contributed by atoms with Crippen LogP contribution in [-0.2, 0) is 17.6 Å². The Balaban J connectivity index is 1.79. The summed E-state index contributed by atoms with van der Waals surface area (Å²) in [5.74, 6) is 1.47. The number of carbonyl (C=O) groups excluding carboxylic acids is 1. The molecule has 1 amide bonds. The molecule has 1 aliphatic heterocycles. The normalized spacial score (nSPS) is 21.3. The van der Waals surface area contributed by atoms with Gasteiger partial charge in [-0.15, -0.1) is 0 Å². The van der Waals surface area contributed by atoms with Crippen LogP contribution in [0.4, 0.5) is 0 Å². The van der Waals surface area contributed by atoms with Crippen molar-refractivity contribution >= 4 is 21.8 Å². The summed E-state index contributed by atoms with van der Waals surface area (Å²) >= 11 is 3.68. The molecule has 1 aromatic rings. The first kappa shape index (κ1) is 15.9. The van der Waals surface area contributed by atoms with Crippen molar-refractivity contribution in [1.29, 1.82) is 0 Å². The van der Waals surface area contributed by atoms with Gasteiger partial charge in [-0.25, -0.2) is 0 Å². The molecule has 0 bridgehead atoms. The number of primary amides is 1. The van der Waals surface area contributed by atoms with Gasteiger partial charge >= 0.3 is 0 Å². The summed E-state index contributed by atoms with van der Waals surface area (Å²) in [6.45, 7) is 4.31. The van der Waals surface area contributed by atoms with Gasteiger partial charge in [-0.2, -0.15) is 0 Å². The fourth-order valence-corrected chi connectivity index (χ4v) is 4.55. The molecule has 2 N–H and O–H groups in total. The molecule has 4 heteroatoms. The number of hydrogen-bond acceptors (Lipinski definition) is 2. The number of carbonyl (C=O) groups is 1. The average molecular weight is 366 g/mol. The Labute approximate surface area is 140 Å². The zero-order valence-corrected chi connectivity index (χ0v) is 15.0. The second-order valence-corrected chi connectivity index (χ2v) is 8.08. The van der Waals surface area contributed by atoms with Crippen molar-refractivity contribution in [1.82, 2.24) is 0 Å². The van der Waals surface area contributed by atoms with Crippen molar-refractivity contribution in [3.63, 3.8) is 0 Å². The summed E-state index contributed by atoms with van der Waals surface area (Å²) in [7, 11) is 0. The molecule has 0 radical (unpaired) electrons. The van der Waals surface area contributed by atoms with Crippen LogP contribution in [0, 0.1) is 0 Å². The Morgan fingerprint density at radius 1 is 1.45 bits per heavy atom. The van der Waals surface area contributed by atoms with Crippen LogP contribution in [-0.4, -0.2) is 11.5 Å². The van der Waals surface area contributed by atoms with Crippen LogP contribution in [0.3, 0.4) is 0 Å². The van der Waals surface area contributed by atoms with Crippen molar-refractivity contribution in [3.8, 4) is 5.75 Å². The molecule has 1 aliphatic carbocycles. The first-order chi connectivity index (χ1) is 10.4. The van der Waals surface area contributed by atoms with Gasteiger partial charge in [0.05, 0.1) is 4.47 Å². The van der Waals surface area contributed by atoms with E-state index in [1.807, 2.05) is 0 Å². The Hall–Kier alpha value is -1.03. The van der Waals surface area contributed by atoms with Gasteiger partial charge in [0.15, 0.2) is 0 Å². The largest absolute Gasteiger partial charge is 0.486 e. The van der Waals surface area contributed by atoms with Crippen LogP contribution in [0.25, 0.3) is 0 Å². The summed E-state index contributed by atoms with van der Waals surface area (Å²) in [5.41, 5.74) is 9.53. The third-order valence-electron chi connectivity index (χ3n) is 4.84. The summed E-state index contributed by atoms with van der Waals surface area (Å²) in [4.78, 5) is 10.9. The standard InChI is InChI=1S/C18H24BrNO2/c1-18(2)10-13-16-11(5-3-4-6-15(20)21)7-8-12(16)9-14(19)17(13)22-18/h9,11H,3-8,10H2,1-2H3,(H2,20,21). The molecule has 0 aromatic heterocycles. The smallest absolute Gasteiger partial charge is 0.217 e. The lowest BCUT2D eigenvalue weighted by molar-refractivity contribution is -0.118. The molecule has 3 rings (SSSR count). The van der Waals surface area contributed by atoms with Crippen molar-refractivity contribution in [3.05, 3.63) is 27.2 Å². The highest BCUT2D eigenvalue weighted by molar-refractivity contribution is 9.10. The van der Waals surface area contributed by atoms with Crippen LogP contribution in [0.15, 0.2) is 10.5 Å². The van der Waals surface area contributed by atoms with E-state index in [1.165, 1.54) is 23.1 Å². The third kappa shape index (κ3) is 3.03. The highest BCUT2D eigenvalue weighted by Gasteiger charge is 2.37. The third-order valence-corrected chi connectivity index (χ3v) is 5.43.